The lowest BCUT2D eigenvalue weighted by atomic mass is 9.43. The molecule has 3 heteroatoms. The average molecular weight is 419 g/mol. The highest BCUT2D eigenvalue weighted by Crippen LogP contribution is 2.47. The second-order valence-electron chi connectivity index (χ2n) is 8.93. The van der Waals surface area contributed by atoms with Gasteiger partial charge < -0.3 is 9.23 Å². The molecule has 33 heavy (non-hydrogen) atoms. The zero-order chi connectivity index (χ0) is 21.5. The molecule has 152 valence electrons. The summed E-state index contributed by atoms with van der Waals surface area (Å²) in [5.41, 5.74) is 12.2. The van der Waals surface area contributed by atoms with Crippen molar-refractivity contribution in [3.8, 4) is 22.3 Å². The highest BCUT2D eigenvalue weighted by molar-refractivity contribution is 6.92. The van der Waals surface area contributed by atoms with Crippen LogP contribution in [0, 0.1) is 0 Å². The molecule has 0 atom stereocenters. The lowest BCUT2D eigenvalue weighted by Gasteiger charge is -2.43. The Bertz CT molecular complexity index is 1750. The predicted molar refractivity (Wildman–Crippen MR) is 138 cm³/mol. The van der Waals surface area contributed by atoms with Gasteiger partial charge in [-0.15, -0.1) is 0 Å². The van der Waals surface area contributed by atoms with Crippen molar-refractivity contribution < 1.29 is 4.42 Å². The first-order valence-electron chi connectivity index (χ1n) is 11.4. The first-order chi connectivity index (χ1) is 16.4. The molecule has 0 bridgehead atoms. The van der Waals surface area contributed by atoms with Gasteiger partial charge in [-0.25, -0.2) is 0 Å². The Morgan fingerprint density at radius 1 is 0.485 bits per heavy atom. The van der Waals surface area contributed by atoms with Crippen LogP contribution < -0.4 is 15.7 Å². The fraction of sp³-hybridized carbons (Fsp3) is 0. The summed E-state index contributed by atoms with van der Waals surface area (Å²) in [5.74, 6) is 0. The minimum absolute atomic E-state index is 0.135. The Hall–Kier alpha value is -4.24. The molecule has 0 unspecified atom stereocenters. The van der Waals surface area contributed by atoms with Gasteiger partial charge in [0.1, 0.15) is 11.2 Å². The number of benzene rings is 5. The summed E-state index contributed by atoms with van der Waals surface area (Å²) < 4.78 is 6.28. The van der Waals surface area contributed by atoms with E-state index in [1.807, 2.05) is 6.07 Å². The molecular formula is C30H18BNO. The summed E-state index contributed by atoms with van der Waals surface area (Å²) in [7, 11) is 0. The van der Waals surface area contributed by atoms with Crippen molar-refractivity contribution in [2.24, 2.45) is 0 Å². The second-order valence-corrected chi connectivity index (χ2v) is 8.93. The monoisotopic (exact) mass is 419 g/mol. The lowest BCUT2D eigenvalue weighted by Crippen LogP contribution is -2.59. The minimum Gasteiger partial charge on any atom is -0.456 e. The van der Waals surface area contributed by atoms with Crippen molar-refractivity contribution in [1.82, 2.24) is 0 Å². The SMILES string of the molecule is c1ccc2c(c1)B1c3ccccc3-c3cc4oc5ccccc5c4cc3N1c1ccccc1-2. The maximum atomic E-state index is 6.28. The van der Waals surface area contributed by atoms with Gasteiger partial charge in [-0.05, 0) is 46.3 Å². The van der Waals surface area contributed by atoms with Gasteiger partial charge >= 0.3 is 6.85 Å². The summed E-state index contributed by atoms with van der Waals surface area (Å²) in [6.07, 6.45) is 0. The smallest absolute Gasteiger partial charge is 0.329 e. The third-order valence-corrected chi connectivity index (χ3v) is 7.27. The Labute approximate surface area is 191 Å². The van der Waals surface area contributed by atoms with Crippen molar-refractivity contribution >= 4 is 51.1 Å². The van der Waals surface area contributed by atoms with Crippen LogP contribution in [-0.4, -0.2) is 6.85 Å². The van der Waals surface area contributed by atoms with Crippen molar-refractivity contribution in [2.45, 2.75) is 0 Å². The average Bonchev–Trinajstić information content (AvgIpc) is 3.25. The standard InChI is InChI=1S/C30H18BNO/c1-5-13-25-19(9-1)21-11-3-7-15-27(21)32-28-17-24-22-12-4-8-16-29(22)33-30(24)18-23(28)20-10-2-6-14-26(20)31(25)32/h1-18H. The molecular weight excluding hydrogens is 401 g/mol. The molecule has 2 nitrogen and oxygen atoms in total. The van der Waals surface area contributed by atoms with Crippen LogP contribution in [0.4, 0.5) is 11.4 Å². The van der Waals surface area contributed by atoms with Gasteiger partial charge in [-0.2, -0.15) is 0 Å². The molecule has 0 N–H and O–H groups in total. The van der Waals surface area contributed by atoms with Gasteiger partial charge in [0.2, 0.25) is 0 Å². The Balaban J connectivity index is 1.54. The van der Waals surface area contributed by atoms with Crippen LogP contribution in [0.2, 0.25) is 0 Å². The maximum absolute atomic E-state index is 6.28. The number of hydrogen-bond acceptors (Lipinski definition) is 2. The van der Waals surface area contributed by atoms with Crippen LogP contribution in [0.1, 0.15) is 0 Å². The van der Waals surface area contributed by atoms with Crippen LogP contribution in [0.15, 0.2) is 114 Å². The lowest BCUT2D eigenvalue weighted by molar-refractivity contribution is 0.669. The largest absolute Gasteiger partial charge is 0.456 e. The van der Waals surface area contributed by atoms with Crippen molar-refractivity contribution in [3.05, 3.63) is 109 Å². The van der Waals surface area contributed by atoms with Gasteiger partial charge in [-0.1, -0.05) is 84.9 Å². The van der Waals surface area contributed by atoms with E-state index in [0.29, 0.717) is 0 Å². The van der Waals surface area contributed by atoms with Crippen molar-refractivity contribution in [2.75, 3.05) is 4.81 Å². The number of para-hydroxylation sites is 2. The normalized spacial score (nSPS) is 13.3. The Morgan fingerprint density at radius 2 is 1.12 bits per heavy atom. The van der Waals surface area contributed by atoms with Crippen LogP contribution >= 0.6 is 0 Å². The molecule has 8 rings (SSSR count). The van der Waals surface area contributed by atoms with Crippen LogP contribution in [0.25, 0.3) is 44.2 Å². The van der Waals surface area contributed by atoms with Gasteiger partial charge in [0.15, 0.2) is 0 Å². The molecule has 0 fully saturated rings. The zero-order valence-corrected chi connectivity index (χ0v) is 17.8. The van der Waals surface area contributed by atoms with E-state index >= 15 is 0 Å². The minimum atomic E-state index is 0.135. The van der Waals surface area contributed by atoms with Crippen LogP contribution in [0.3, 0.4) is 0 Å². The van der Waals surface area contributed by atoms with E-state index in [0.717, 1.165) is 16.6 Å². The number of nitrogens with zero attached hydrogens (tertiary/aromatic N) is 1. The highest BCUT2D eigenvalue weighted by Gasteiger charge is 2.42. The number of hydrogen-bond donors (Lipinski definition) is 0. The molecule has 5 aromatic carbocycles. The fourth-order valence-electron chi connectivity index (χ4n) is 5.90. The van der Waals surface area contributed by atoms with Gasteiger partial charge in [0, 0.05) is 33.3 Å². The highest BCUT2D eigenvalue weighted by atomic mass is 16.3. The topological polar surface area (TPSA) is 16.4 Å². The first kappa shape index (κ1) is 17.3. The number of furan rings is 1. The van der Waals surface area contributed by atoms with Crippen molar-refractivity contribution in [1.29, 1.82) is 0 Å². The van der Waals surface area contributed by atoms with Crippen LogP contribution in [-0.2, 0) is 0 Å². The van der Waals surface area contributed by atoms with E-state index in [4.69, 9.17) is 4.42 Å². The molecule has 0 saturated heterocycles. The van der Waals surface area contributed by atoms with E-state index in [1.54, 1.807) is 0 Å². The van der Waals surface area contributed by atoms with E-state index in [9.17, 15) is 0 Å². The Morgan fingerprint density at radius 3 is 1.94 bits per heavy atom. The molecule has 0 amide bonds. The summed E-state index contributed by atoms with van der Waals surface area (Å²) in [6, 6.07) is 39.4. The quantitative estimate of drug-likeness (QED) is 0.262. The number of rotatable bonds is 0. The maximum Gasteiger partial charge on any atom is 0.329 e. The molecule has 2 aliphatic heterocycles. The van der Waals surface area contributed by atoms with Crippen LogP contribution in [0.5, 0.6) is 0 Å². The summed E-state index contributed by atoms with van der Waals surface area (Å²) in [4.78, 5) is 2.54. The summed E-state index contributed by atoms with van der Waals surface area (Å²) >= 11 is 0. The third-order valence-electron chi connectivity index (χ3n) is 7.27. The molecule has 0 radical (unpaired) electrons. The second kappa shape index (κ2) is 6.17. The molecule has 0 aliphatic carbocycles. The van der Waals surface area contributed by atoms with Gasteiger partial charge in [0.05, 0.1) is 0 Å². The van der Waals surface area contributed by atoms with Crippen molar-refractivity contribution in [3.63, 3.8) is 0 Å². The summed E-state index contributed by atoms with van der Waals surface area (Å²) in [6.45, 7) is 0.135. The Kier molecular flexibility index (Phi) is 3.24. The first-order valence-corrected chi connectivity index (χ1v) is 11.4. The molecule has 6 aromatic rings. The van der Waals surface area contributed by atoms with E-state index in [1.165, 1.54) is 49.9 Å². The molecule has 2 aliphatic rings. The molecule has 3 heterocycles. The summed E-state index contributed by atoms with van der Waals surface area (Å²) in [5, 5.41) is 2.33. The molecule has 1 aromatic heterocycles. The predicted octanol–water partition coefficient (Wildman–Crippen LogP) is 6.49. The van der Waals surface area contributed by atoms with Gasteiger partial charge in [0.25, 0.3) is 0 Å². The van der Waals surface area contributed by atoms with E-state index in [-0.39, 0.29) is 6.85 Å². The van der Waals surface area contributed by atoms with E-state index < -0.39 is 0 Å². The van der Waals surface area contributed by atoms with E-state index in [2.05, 4.69) is 108 Å². The molecule has 0 saturated carbocycles. The molecule has 0 spiro atoms. The third kappa shape index (κ3) is 2.19. The zero-order valence-electron chi connectivity index (χ0n) is 17.8. The number of fused-ring (bicyclic) bond motifs is 14. The number of anilines is 2. The van der Waals surface area contributed by atoms with Gasteiger partial charge in [-0.3, -0.25) is 0 Å². The fourth-order valence-corrected chi connectivity index (χ4v) is 5.90.